The third kappa shape index (κ3) is 3.60. The number of nitrogens with zero attached hydrogens (tertiary/aromatic N) is 3. The van der Waals surface area contributed by atoms with Crippen LogP contribution in [0.15, 0.2) is 60.7 Å². The molecule has 27 heavy (non-hydrogen) atoms. The molecule has 0 saturated carbocycles. The van der Waals surface area contributed by atoms with Crippen molar-refractivity contribution >= 4 is 23.1 Å². The second kappa shape index (κ2) is 7.45. The van der Waals surface area contributed by atoms with E-state index in [4.69, 9.17) is 4.74 Å². The Morgan fingerprint density at radius 2 is 1.89 bits per heavy atom. The van der Waals surface area contributed by atoms with Crippen LogP contribution < -0.4 is 15.0 Å². The Hall–Kier alpha value is -3.41. The number of hydrogen-bond acceptors (Lipinski definition) is 5. The maximum Gasteiger partial charge on any atom is 0.276 e. The molecule has 1 amide bonds. The summed E-state index contributed by atoms with van der Waals surface area (Å²) in [7, 11) is 0. The molecule has 6 nitrogen and oxygen atoms in total. The van der Waals surface area contributed by atoms with Gasteiger partial charge in [0.15, 0.2) is 11.5 Å². The SMILES string of the molecule is CCOc1ccc(NC(=O)c2ccc(N3CCc4ccccc43)nn2)cc1. The van der Waals surface area contributed by atoms with Crippen LogP contribution in [0.5, 0.6) is 5.75 Å². The van der Waals surface area contributed by atoms with Crippen LogP contribution in [-0.2, 0) is 6.42 Å². The summed E-state index contributed by atoms with van der Waals surface area (Å²) in [5.41, 5.74) is 3.41. The lowest BCUT2D eigenvalue weighted by molar-refractivity contribution is 0.102. The minimum Gasteiger partial charge on any atom is -0.494 e. The van der Waals surface area contributed by atoms with Crippen molar-refractivity contribution in [1.29, 1.82) is 0 Å². The quantitative estimate of drug-likeness (QED) is 0.749. The van der Waals surface area contributed by atoms with Gasteiger partial charge in [0.2, 0.25) is 0 Å². The van der Waals surface area contributed by atoms with Crippen LogP contribution >= 0.6 is 0 Å². The maximum atomic E-state index is 12.4. The zero-order valence-electron chi connectivity index (χ0n) is 15.1. The minimum atomic E-state index is -0.292. The van der Waals surface area contributed by atoms with E-state index in [9.17, 15) is 4.79 Å². The zero-order chi connectivity index (χ0) is 18.6. The lowest BCUT2D eigenvalue weighted by atomic mass is 10.2. The van der Waals surface area contributed by atoms with E-state index >= 15 is 0 Å². The van der Waals surface area contributed by atoms with Gasteiger partial charge in [-0.25, -0.2) is 0 Å². The number of carbonyl (C=O) groups is 1. The first-order chi connectivity index (χ1) is 13.2. The number of carbonyl (C=O) groups excluding carboxylic acids is 1. The molecule has 136 valence electrons. The van der Waals surface area contributed by atoms with Crippen molar-refractivity contribution in [2.75, 3.05) is 23.4 Å². The summed E-state index contributed by atoms with van der Waals surface area (Å²) >= 11 is 0. The molecule has 1 aliphatic heterocycles. The molecular formula is C21H20N4O2. The van der Waals surface area contributed by atoms with E-state index in [1.807, 2.05) is 37.3 Å². The molecule has 4 rings (SSSR count). The lowest BCUT2D eigenvalue weighted by Gasteiger charge is -2.17. The predicted molar refractivity (Wildman–Crippen MR) is 105 cm³/mol. The van der Waals surface area contributed by atoms with Crippen molar-refractivity contribution in [1.82, 2.24) is 10.2 Å². The van der Waals surface area contributed by atoms with Crippen molar-refractivity contribution in [2.45, 2.75) is 13.3 Å². The van der Waals surface area contributed by atoms with Crippen LogP contribution in [0.2, 0.25) is 0 Å². The lowest BCUT2D eigenvalue weighted by Crippen LogP contribution is -2.18. The first-order valence-electron chi connectivity index (χ1n) is 8.98. The van der Waals surface area contributed by atoms with Gasteiger partial charge in [-0.15, -0.1) is 10.2 Å². The number of fused-ring (bicyclic) bond motifs is 1. The molecular weight excluding hydrogens is 340 g/mol. The monoisotopic (exact) mass is 360 g/mol. The average molecular weight is 360 g/mol. The van der Waals surface area contributed by atoms with Crippen molar-refractivity contribution < 1.29 is 9.53 Å². The Kier molecular flexibility index (Phi) is 4.70. The molecule has 0 spiro atoms. The second-order valence-electron chi connectivity index (χ2n) is 6.22. The number of amides is 1. The first-order valence-corrected chi connectivity index (χ1v) is 8.98. The van der Waals surface area contributed by atoms with Crippen LogP contribution in [-0.4, -0.2) is 29.3 Å². The van der Waals surface area contributed by atoms with Gasteiger partial charge in [0.1, 0.15) is 5.75 Å². The maximum absolute atomic E-state index is 12.4. The molecule has 1 aromatic heterocycles. The molecule has 2 heterocycles. The molecule has 6 heteroatoms. The standard InChI is InChI=1S/C21H20N4O2/c1-2-27-17-9-7-16(8-10-17)22-21(26)18-11-12-20(24-23-18)25-14-13-15-5-3-4-6-19(15)25/h3-12H,2,13-14H2,1H3,(H,22,26). The normalized spacial score (nSPS) is 12.6. The van der Waals surface area contributed by atoms with Gasteiger partial charge in [-0.05, 0) is 61.4 Å². The summed E-state index contributed by atoms with van der Waals surface area (Å²) in [6.07, 6.45) is 0.984. The fourth-order valence-electron chi connectivity index (χ4n) is 3.16. The van der Waals surface area contributed by atoms with E-state index in [-0.39, 0.29) is 11.6 Å². The van der Waals surface area contributed by atoms with E-state index in [1.165, 1.54) is 5.56 Å². The molecule has 1 N–H and O–H groups in total. The number of hydrogen-bond donors (Lipinski definition) is 1. The molecule has 0 radical (unpaired) electrons. The first kappa shape index (κ1) is 17.0. The molecule has 0 bridgehead atoms. The number of rotatable bonds is 5. The van der Waals surface area contributed by atoms with Gasteiger partial charge in [-0.1, -0.05) is 18.2 Å². The second-order valence-corrected chi connectivity index (χ2v) is 6.22. The summed E-state index contributed by atoms with van der Waals surface area (Å²) in [4.78, 5) is 14.5. The fourth-order valence-corrected chi connectivity index (χ4v) is 3.16. The van der Waals surface area contributed by atoms with E-state index in [0.717, 1.165) is 30.2 Å². The summed E-state index contributed by atoms with van der Waals surface area (Å²) in [6.45, 7) is 3.40. The predicted octanol–water partition coefficient (Wildman–Crippen LogP) is 3.82. The number of anilines is 3. The number of para-hydroxylation sites is 1. The minimum absolute atomic E-state index is 0.278. The smallest absolute Gasteiger partial charge is 0.276 e. The van der Waals surface area contributed by atoms with Gasteiger partial charge in [0.25, 0.3) is 5.91 Å². The summed E-state index contributed by atoms with van der Waals surface area (Å²) in [5.74, 6) is 1.23. The Balaban J connectivity index is 1.45. The average Bonchev–Trinajstić information content (AvgIpc) is 3.14. The van der Waals surface area contributed by atoms with Crippen LogP contribution in [0.1, 0.15) is 23.0 Å². The topological polar surface area (TPSA) is 67.3 Å². The summed E-state index contributed by atoms with van der Waals surface area (Å²) < 4.78 is 5.40. The third-order valence-electron chi connectivity index (χ3n) is 4.47. The number of aromatic nitrogens is 2. The Bertz CT molecular complexity index is 939. The van der Waals surface area contributed by atoms with Crippen LogP contribution in [0.25, 0.3) is 0 Å². The van der Waals surface area contributed by atoms with Crippen molar-refractivity contribution in [3.8, 4) is 5.75 Å². The molecule has 2 aromatic carbocycles. The van der Waals surface area contributed by atoms with Gasteiger partial charge >= 0.3 is 0 Å². The molecule has 3 aromatic rings. The van der Waals surface area contributed by atoms with Gasteiger partial charge in [0.05, 0.1) is 6.61 Å². The molecule has 0 saturated heterocycles. The van der Waals surface area contributed by atoms with Crippen molar-refractivity contribution in [3.63, 3.8) is 0 Å². The Morgan fingerprint density at radius 1 is 1.07 bits per heavy atom. The van der Waals surface area contributed by atoms with Gasteiger partial charge in [-0.2, -0.15) is 0 Å². The van der Waals surface area contributed by atoms with Crippen LogP contribution in [0.3, 0.4) is 0 Å². The van der Waals surface area contributed by atoms with E-state index in [1.54, 1.807) is 18.2 Å². The highest BCUT2D eigenvalue weighted by atomic mass is 16.5. The van der Waals surface area contributed by atoms with E-state index in [0.29, 0.717) is 12.3 Å². The fraction of sp³-hybridized carbons (Fsp3) is 0.190. The van der Waals surface area contributed by atoms with Crippen molar-refractivity contribution in [3.05, 3.63) is 71.9 Å². The summed E-state index contributed by atoms with van der Waals surface area (Å²) in [5, 5.41) is 11.2. The van der Waals surface area contributed by atoms with E-state index < -0.39 is 0 Å². The van der Waals surface area contributed by atoms with Gasteiger partial charge < -0.3 is 15.0 Å². The van der Waals surface area contributed by atoms with Crippen LogP contribution in [0, 0.1) is 0 Å². The van der Waals surface area contributed by atoms with Crippen molar-refractivity contribution in [2.24, 2.45) is 0 Å². The molecule has 0 unspecified atom stereocenters. The highest BCUT2D eigenvalue weighted by molar-refractivity contribution is 6.02. The highest BCUT2D eigenvalue weighted by Crippen LogP contribution is 2.32. The number of benzene rings is 2. The van der Waals surface area contributed by atoms with Gasteiger partial charge in [0, 0.05) is 17.9 Å². The Morgan fingerprint density at radius 3 is 2.63 bits per heavy atom. The number of nitrogens with one attached hydrogen (secondary N) is 1. The number of ether oxygens (including phenoxy) is 1. The molecule has 0 fully saturated rings. The third-order valence-corrected chi connectivity index (χ3v) is 4.47. The largest absolute Gasteiger partial charge is 0.494 e. The Labute approximate surface area is 157 Å². The zero-order valence-corrected chi connectivity index (χ0v) is 15.1. The van der Waals surface area contributed by atoms with E-state index in [2.05, 4.69) is 32.5 Å². The van der Waals surface area contributed by atoms with Gasteiger partial charge in [-0.3, -0.25) is 4.79 Å². The molecule has 0 atom stereocenters. The van der Waals surface area contributed by atoms with Crippen LogP contribution in [0.4, 0.5) is 17.2 Å². The molecule has 1 aliphatic rings. The highest BCUT2D eigenvalue weighted by Gasteiger charge is 2.21. The summed E-state index contributed by atoms with van der Waals surface area (Å²) in [6, 6.07) is 19.0. The molecule has 0 aliphatic carbocycles.